The van der Waals surface area contributed by atoms with E-state index in [0.29, 0.717) is 37.1 Å². The molecule has 1 N–H and O–H groups in total. The number of aromatic nitrogens is 2. The number of ether oxygens (including phenoxy) is 2. The second kappa shape index (κ2) is 6.78. The van der Waals surface area contributed by atoms with Gasteiger partial charge in [0, 0.05) is 30.1 Å². The van der Waals surface area contributed by atoms with Crippen molar-refractivity contribution in [3.8, 4) is 11.5 Å². The van der Waals surface area contributed by atoms with Crippen molar-refractivity contribution in [2.45, 2.75) is 39.0 Å². The molecule has 0 unspecified atom stereocenters. The van der Waals surface area contributed by atoms with Gasteiger partial charge in [0.15, 0.2) is 5.82 Å². The number of aliphatic hydroxyl groups is 1. The summed E-state index contributed by atoms with van der Waals surface area (Å²) in [5.41, 5.74) is 1.72. The molecule has 0 fully saturated rings. The van der Waals surface area contributed by atoms with Crippen molar-refractivity contribution in [1.29, 1.82) is 0 Å². The van der Waals surface area contributed by atoms with E-state index in [-0.39, 0.29) is 5.92 Å². The number of nitrogens with zero attached hydrogens (tertiary/aromatic N) is 3. The Morgan fingerprint density at radius 3 is 2.62 bits per heavy atom. The third-order valence-corrected chi connectivity index (χ3v) is 4.22. The summed E-state index contributed by atoms with van der Waals surface area (Å²) < 4.78 is 16.2. The summed E-state index contributed by atoms with van der Waals surface area (Å²) in [5, 5.41) is 14.6. The van der Waals surface area contributed by atoms with E-state index in [4.69, 9.17) is 14.0 Å². The standard InChI is InChI=1S/C17H23N3O4/c1-10(2)17-18-15(24-19-17)9-20-7-11-13(22-3)5-6-14(23-4)16(11)12(21)8-20/h5-6,10,12,21H,7-9H2,1-4H3/t12-/m0/s1. The van der Waals surface area contributed by atoms with Crippen LogP contribution in [0.2, 0.25) is 0 Å². The van der Waals surface area contributed by atoms with E-state index in [1.807, 2.05) is 26.0 Å². The first kappa shape index (κ1) is 16.7. The number of aliphatic hydroxyl groups excluding tert-OH is 1. The highest BCUT2D eigenvalue weighted by Crippen LogP contribution is 2.39. The lowest BCUT2D eigenvalue weighted by Crippen LogP contribution is -2.33. The fourth-order valence-electron chi connectivity index (χ4n) is 3.02. The molecule has 1 atom stereocenters. The Kier molecular flexibility index (Phi) is 4.73. The highest BCUT2D eigenvalue weighted by Gasteiger charge is 2.30. The maximum Gasteiger partial charge on any atom is 0.240 e. The highest BCUT2D eigenvalue weighted by atomic mass is 16.5. The predicted octanol–water partition coefficient (Wildman–Crippen LogP) is 2.26. The fourth-order valence-corrected chi connectivity index (χ4v) is 3.02. The average Bonchev–Trinajstić information content (AvgIpc) is 3.02. The minimum Gasteiger partial charge on any atom is -0.496 e. The first-order chi connectivity index (χ1) is 11.5. The molecular weight excluding hydrogens is 310 g/mol. The molecule has 7 nitrogen and oxygen atoms in total. The third-order valence-electron chi connectivity index (χ3n) is 4.22. The van der Waals surface area contributed by atoms with E-state index >= 15 is 0 Å². The minimum atomic E-state index is -0.661. The van der Waals surface area contributed by atoms with E-state index in [1.165, 1.54) is 0 Å². The molecule has 0 radical (unpaired) electrons. The molecule has 0 bridgehead atoms. The van der Waals surface area contributed by atoms with Gasteiger partial charge in [-0.25, -0.2) is 0 Å². The van der Waals surface area contributed by atoms with Gasteiger partial charge in [-0.05, 0) is 12.1 Å². The summed E-state index contributed by atoms with van der Waals surface area (Å²) in [6, 6.07) is 3.68. The number of hydrogen-bond donors (Lipinski definition) is 1. The quantitative estimate of drug-likeness (QED) is 0.899. The van der Waals surface area contributed by atoms with Gasteiger partial charge in [0.25, 0.3) is 0 Å². The van der Waals surface area contributed by atoms with Crippen LogP contribution in [0.5, 0.6) is 11.5 Å². The molecule has 0 spiro atoms. The maximum atomic E-state index is 10.6. The van der Waals surface area contributed by atoms with Crippen LogP contribution >= 0.6 is 0 Å². The van der Waals surface area contributed by atoms with E-state index < -0.39 is 6.10 Å². The van der Waals surface area contributed by atoms with Crippen LogP contribution in [0.4, 0.5) is 0 Å². The van der Waals surface area contributed by atoms with Gasteiger partial charge < -0.3 is 19.1 Å². The molecule has 24 heavy (non-hydrogen) atoms. The van der Waals surface area contributed by atoms with Gasteiger partial charge in [0.1, 0.15) is 11.5 Å². The van der Waals surface area contributed by atoms with Gasteiger partial charge in [0.2, 0.25) is 5.89 Å². The lowest BCUT2D eigenvalue weighted by atomic mass is 9.95. The molecular formula is C17H23N3O4. The van der Waals surface area contributed by atoms with Gasteiger partial charge in [-0.2, -0.15) is 4.98 Å². The molecule has 1 aliphatic heterocycles. The number of β-amino-alcohol motifs (C(OH)–C–C–N with tert-alkyl or cyclic N) is 1. The second-order valence-electron chi connectivity index (χ2n) is 6.25. The zero-order valence-corrected chi connectivity index (χ0v) is 14.4. The van der Waals surface area contributed by atoms with Crippen molar-refractivity contribution in [2.75, 3.05) is 20.8 Å². The molecule has 0 aliphatic carbocycles. The Balaban J connectivity index is 1.85. The summed E-state index contributed by atoms with van der Waals surface area (Å²) in [6.45, 7) is 5.61. The Labute approximate surface area is 141 Å². The SMILES string of the molecule is COc1ccc(OC)c2c1CN(Cc1nc(C(C)C)no1)C[C@@H]2O. The summed E-state index contributed by atoms with van der Waals surface area (Å²) in [6.07, 6.45) is -0.661. The van der Waals surface area contributed by atoms with Crippen LogP contribution in [0.3, 0.4) is 0 Å². The van der Waals surface area contributed by atoms with Crippen molar-refractivity contribution >= 4 is 0 Å². The Hall–Kier alpha value is -2.12. The zero-order chi connectivity index (χ0) is 17.3. The summed E-state index contributed by atoms with van der Waals surface area (Å²) in [7, 11) is 3.23. The molecule has 0 saturated carbocycles. The highest BCUT2D eigenvalue weighted by molar-refractivity contribution is 5.51. The van der Waals surface area contributed by atoms with Crippen molar-refractivity contribution in [3.63, 3.8) is 0 Å². The van der Waals surface area contributed by atoms with Crippen LogP contribution in [-0.2, 0) is 13.1 Å². The largest absolute Gasteiger partial charge is 0.496 e. The second-order valence-corrected chi connectivity index (χ2v) is 6.25. The fraction of sp³-hybridized carbons (Fsp3) is 0.529. The lowest BCUT2D eigenvalue weighted by Gasteiger charge is -2.33. The smallest absolute Gasteiger partial charge is 0.240 e. The molecule has 1 aromatic heterocycles. The van der Waals surface area contributed by atoms with Crippen LogP contribution in [0, 0.1) is 0 Å². The summed E-state index contributed by atoms with van der Waals surface area (Å²) in [4.78, 5) is 6.47. The van der Waals surface area contributed by atoms with Crippen molar-refractivity contribution in [1.82, 2.24) is 15.0 Å². The van der Waals surface area contributed by atoms with Gasteiger partial charge in [0.05, 0.1) is 26.9 Å². The van der Waals surface area contributed by atoms with E-state index in [2.05, 4.69) is 15.0 Å². The van der Waals surface area contributed by atoms with Crippen molar-refractivity contribution in [2.24, 2.45) is 0 Å². The number of fused-ring (bicyclic) bond motifs is 1. The number of benzene rings is 1. The van der Waals surface area contributed by atoms with Crippen LogP contribution in [0.25, 0.3) is 0 Å². The molecule has 2 heterocycles. The first-order valence-corrected chi connectivity index (χ1v) is 8.00. The lowest BCUT2D eigenvalue weighted by molar-refractivity contribution is 0.0779. The third kappa shape index (κ3) is 3.09. The Bertz CT molecular complexity index is 714. The number of hydrogen-bond acceptors (Lipinski definition) is 7. The monoisotopic (exact) mass is 333 g/mol. The minimum absolute atomic E-state index is 0.222. The maximum absolute atomic E-state index is 10.6. The van der Waals surface area contributed by atoms with E-state index in [0.717, 1.165) is 16.9 Å². The van der Waals surface area contributed by atoms with Crippen LogP contribution in [0.15, 0.2) is 16.7 Å². The first-order valence-electron chi connectivity index (χ1n) is 8.00. The number of methoxy groups -OCH3 is 2. The number of rotatable bonds is 5. The van der Waals surface area contributed by atoms with Gasteiger partial charge in [-0.1, -0.05) is 19.0 Å². The molecule has 130 valence electrons. The molecule has 0 amide bonds. The molecule has 0 saturated heterocycles. The van der Waals surface area contributed by atoms with Crippen LogP contribution < -0.4 is 9.47 Å². The molecule has 7 heteroatoms. The summed E-state index contributed by atoms with van der Waals surface area (Å²) in [5.74, 6) is 2.89. The normalized spacial score (nSPS) is 17.8. The molecule has 1 aromatic carbocycles. The summed E-state index contributed by atoms with van der Waals surface area (Å²) >= 11 is 0. The Morgan fingerprint density at radius 2 is 2.00 bits per heavy atom. The van der Waals surface area contributed by atoms with Crippen molar-refractivity contribution < 1.29 is 19.1 Å². The topological polar surface area (TPSA) is 80.9 Å². The zero-order valence-electron chi connectivity index (χ0n) is 14.4. The van der Waals surface area contributed by atoms with Crippen LogP contribution in [0.1, 0.15) is 48.7 Å². The van der Waals surface area contributed by atoms with Gasteiger partial charge in [-0.15, -0.1) is 0 Å². The average molecular weight is 333 g/mol. The van der Waals surface area contributed by atoms with Crippen LogP contribution in [-0.4, -0.2) is 40.9 Å². The molecule has 1 aliphatic rings. The van der Waals surface area contributed by atoms with E-state index in [9.17, 15) is 5.11 Å². The Morgan fingerprint density at radius 1 is 1.29 bits per heavy atom. The van der Waals surface area contributed by atoms with Gasteiger partial charge in [-0.3, -0.25) is 4.90 Å². The molecule has 2 aromatic rings. The predicted molar refractivity (Wildman–Crippen MR) is 87.0 cm³/mol. The van der Waals surface area contributed by atoms with Crippen molar-refractivity contribution in [3.05, 3.63) is 35.0 Å². The molecule has 3 rings (SSSR count). The van der Waals surface area contributed by atoms with Gasteiger partial charge >= 0.3 is 0 Å². The van der Waals surface area contributed by atoms with E-state index in [1.54, 1.807) is 14.2 Å².